The normalized spacial score (nSPS) is 22.6. The van der Waals surface area contributed by atoms with Gasteiger partial charge in [-0.2, -0.15) is 11.8 Å². The summed E-state index contributed by atoms with van der Waals surface area (Å²) in [6.45, 7) is 8.37. The van der Waals surface area contributed by atoms with Crippen LogP contribution in [0.3, 0.4) is 0 Å². The Morgan fingerprint density at radius 2 is 1.63 bits per heavy atom. The van der Waals surface area contributed by atoms with E-state index in [-0.39, 0.29) is 0 Å². The molecule has 0 aromatic rings. The average molecular weight is 286 g/mol. The van der Waals surface area contributed by atoms with Crippen LogP contribution in [0.4, 0.5) is 0 Å². The van der Waals surface area contributed by atoms with E-state index in [0.29, 0.717) is 5.41 Å². The van der Waals surface area contributed by atoms with Crippen LogP contribution in [0.25, 0.3) is 0 Å². The highest BCUT2D eigenvalue weighted by Crippen LogP contribution is 2.34. The third-order valence-corrected chi connectivity index (χ3v) is 5.60. The van der Waals surface area contributed by atoms with E-state index in [1.807, 2.05) is 0 Å². The molecule has 1 N–H and O–H groups in total. The van der Waals surface area contributed by atoms with E-state index in [0.717, 1.165) is 6.04 Å². The van der Waals surface area contributed by atoms with Gasteiger partial charge in [-0.1, -0.05) is 65.7 Å². The van der Waals surface area contributed by atoms with E-state index in [1.54, 1.807) is 0 Å². The molecule has 0 aromatic heterocycles. The van der Waals surface area contributed by atoms with Crippen molar-refractivity contribution < 1.29 is 0 Å². The van der Waals surface area contributed by atoms with Crippen LogP contribution in [0.15, 0.2) is 0 Å². The molecule has 2 heteroatoms. The summed E-state index contributed by atoms with van der Waals surface area (Å²) in [7, 11) is 0. The minimum Gasteiger partial charge on any atom is -0.313 e. The van der Waals surface area contributed by atoms with Crippen LogP contribution < -0.4 is 5.32 Å². The number of hydrogen-bond acceptors (Lipinski definition) is 2. The summed E-state index contributed by atoms with van der Waals surface area (Å²) >= 11 is 2.12. The van der Waals surface area contributed by atoms with Crippen molar-refractivity contribution in [3.05, 3.63) is 0 Å². The number of rotatable bonds is 10. The molecule has 0 radical (unpaired) electrons. The lowest BCUT2D eigenvalue weighted by atomic mass is 9.82. The Labute approximate surface area is 125 Å². The predicted molar refractivity (Wildman–Crippen MR) is 90.1 cm³/mol. The second-order valence-electron chi connectivity index (χ2n) is 6.80. The summed E-state index contributed by atoms with van der Waals surface area (Å²) < 4.78 is 0. The predicted octanol–water partition coefficient (Wildman–Crippen LogP) is 5.25. The fourth-order valence-electron chi connectivity index (χ4n) is 2.81. The minimum atomic E-state index is 0.505. The van der Waals surface area contributed by atoms with Crippen molar-refractivity contribution in [2.45, 2.75) is 84.6 Å². The molecule has 1 fully saturated rings. The van der Waals surface area contributed by atoms with Gasteiger partial charge in [0.1, 0.15) is 0 Å². The topological polar surface area (TPSA) is 12.0 Å². The number of thioether (sulfide) groups is 1. The fraction of sp³-hybridized carbons (Fsp3) is 1.00. The average Bonchev–Trinajstić information content (AvgIpc) is 2.38. The molecule has 19 heavy (non-hydrogen) atoms. The Bertz CT molecular complexity index is 215. The van der Waals surface area contributed by atoms with Crippen molar-refractivity contribution in [2.75, 3.05) is 18.1 Å². The molecule has 1 unspecified atom stereocenters. The molecule has 1 nitrogen and oxygen atoms in total. The molecule has 0 amide bonds. The summed E-state index contributed by atoms with van der Waals surface area (Å²) in [5.74, 6) is 2.66. The lowest BCUT2D eigenvalue weighted by Crippen LogP contribution is -2.46. The van der Waals surface area contributed by atoms with Gasteiger partial charge in [0.25, 0.3) is 0 Å². The Balaban J connectivity index is 1.93. The smallest absolute Gasteiger partial charge is 0.0209 e. The van der Waals surface area contributed by atoms with Crippen LogP contribution in [0.2, 0.25) is 0 Å². The molecule has 1 atom stereocenters. The maximum atomic E-state index is 3.80. The van der Waals surface area contributed by atoms with E-state index in [9.17, 15) is 0 Å². The van der Waals surface area contributed by atoms with Crippen molar-refractivity contribution in [3.63, 3.8) is 0 Å². The standard InChI is InChI=1S/C17H35NS/c1-4-5-6-7-8-9-10-11-13-18-16-15-19-14-12-17(16,2)3/h16,18H,4-15H2,1-3H3. The first kappa shape index (κ1) is 17.4. The van der Waals surface area contributed by atoms with E-state index < -0.39 is 0 Å². The van der Waals surface area contributed by atoms with Gasteiger partial charge < -0.3 is 5.32 Å². The zero-order valence-corrected chi connectivity index (χ0v) is 14.3. The van der Waals surface area contributed by atoms with E-state index >= 15 is 0 Å². The number of hydrogen-bond donors (Lipinski definition) is 1. The Kier molecular flexibility index (Phi) is 9.23. The lowest BCUT2D eigenvalue weighted by molar-refractivity contribution is 0.245. The molecule has 0 aromatic carbocycles. The molecule has 0 bridgehead atoms. The molecule has 1 rings (SSSR count). The Morgan fingerprint density at radius 1 is 1.00 bits per heavy atom. The third kappa shape index (κ3) is 7.60. The summed E-state index contributed by atoms with van der Waals surface area (Å²) in [6.07, 6.45) is 12.7. The van der Waals surface area contributed by atoms with Gasteiger partial charge in [-0.3, -0.25) is 0 Å². The zero-order chi connectivity index (χ0) is 14.0. The molecule has 1 heterocycles. The Hall–Kier alpha value is 0.310. The number of nitrogens with one attached hydrogen (secondary N) is 1. The van der Waals surface area contributed by atoms with Gasteiger partial charge in [0.15, 0.2) is 0 Å². The van der Waals surface area contributed by atoms with E-state index in [1.165, 1.54) is 75.8 Å². The second kappa shape index (κ2) is 10.1. The van der Waals surface area contributed by atoms with Gasteiger partial charge in [0.2, 0.25) is 0 Å². The fourth-order valence-corrected chi connectivity index (χ4v) is 4.45. The molecule has 1 aliphatic rings. The first-order valence-electron chi connectivity index (χ1n) is 8.48. The van der Waals surface area contributed by atoms with Crippen LogP contribution in [-0.2, 0) is 0 Å². The monoisotopic (exact) mass is 285 g/mol. The van der Waals surface area contributed by atoms with Crippen molar-refractivity contribution in [3.8, 4) is 0 Å². The summed E-state index contributed by atoms with van der Waals surface area (Å²) in [5, 5.41) is 3.80. The van der Waals surface area contributed by atoms with Crippen LogP contribution in [-0.4, -0.2) is 24.1 Å². The van der Waals surface area contributed by atoms with Gasteiger partial charge in [0.05, 0.1) is 0 Å². The van der Waals surface area contributed by atoms with Gasteiger partial charge in [-0.25, -0.2) is 0 Å². The van der Waals surface area contributed by atoms with Crippen molar-refractivity contribution >= 4 is 11.8 Å². The van der Waals surface area contributed by atoms with Gasteiger partial charge in [0, 0.05) is 11.8 Å². The minimum absolute atomic E-state index is 0.505. The molecule has 1 saturated heterocycles. The maximum Gasteiger partial charge on any atom is 0.0209 e. The summed E-state index contributed by atoms with van der Waals surface area (Å²) in [6, 6.07) is 0.732. The van der Waals surface area contributed by atoms with Crippen LogP contribution in [0.5, 0.6) is 0 Å². The molecule has 0 spiro atoms. The maximum absolute atomic E-state index is 3.80. The Morgan fingerprint density at radius 3 is 2.26 bits per heavy atom. The zero-order valence-electron chi connectivity index (χ0n) is 13.5. The van der Waals surface area contributed by atoms with E-state index in [2.05, 4.69) is 37.8 Å². The quantitative estimate of drug-likeness (QED) is 0.550. The van der Waals surface area contributed by atoms with Crippen LogP contribution in [0, 0.1) is 5.41 Å². The first-order chi connectivity index (χ1) is 9.17. The van der Waals surface area contributed by atoms with Crippen molar-refractivity contribution in [2.24, 2.45) is 5.41 Å². The van der Waals surface area contributed by atoms with Crippen molar-refractivity contribution in [1.82, 2.24) is 5.32 Å². The first-order valence-corrected chi connectivity index (χ1v) is 9.63. The van der Waals surface area contributed by atoms with E-state index in [4.69, 9.17) is 0 Å². The number of unbranched alkanes of at least 4 members (excludes halogenated alkanes) is 7. The molecule has 0 saturated carbocycles. The van der Waals surface area contributed by atoms with Crippen LogP contribution in [0.1, 0.15) is 78.6 Å². The second-order valence-corrected chi connectivity index (χ2v) is 7.94. The molecule has 114 valence electrons. The molecule has 0 aliphatic carbocycles. The summed E-state index contributed by atoms with van der Waals surface area (Å²) in [4.78, 5) is 0. The summed E-state index contributed by atoms with van der Waals surface area (Å²) in [5.41, 5.74) is 0.505. The van der Waals surface area contributed by atoms with Gasteiger partial charge >= 0.3 is 0 Å². The van der Waals surface area contributed by atoms with Crippen LogP contribution >= 0.6 is 11.8 Å². The highest BCUT2D eigenvalue weighted by Gasteiger charge is 2.31. The van der Waals surface area contributed by atoms with Gasteiger partial charge in [-0.05, 0) is 30.6 Å². The molecule has 1 aliphatic heterocycles. The molecular formula is C17H35NS. The highest BCUT2D eigenvalue weighted by atomic mass is 32.2. The largest absolute Gasteiger partial charge is 0.313 e. The molecular weight excluding hydrogens is 250 g/mol. The lowest BCUT2D eigenvalue weighted by Gasteiger charge is -2.39. The third-order valence-electron chi connectivity index (χ3n) is 4.54. The highest BCUT2D eigenvalue weighted by molar-refractivity contribution is 7.99. The van der Waals surface area contributed by atoms with Crippen molar-refractivity contribution in [1.29, 1.82) is 0 Å². The SMILES string of the molecule is CCCCCCCCCCNC1CSCCC1(C)C. The van der Waals surface area contributed by atoms with Gasteiger partial charge in [-0.15, -0.1) is 0 Å².